The minimum absolute atomic E-state index is 0.0432. The SMILES string of the molecule is CC(C(N)=O)N(CC(N)=O)Cc1ccccc1N. The van der Waals surface area contributed by atoms with Gasteiger partial charge in [-0.2, -0.15) is 0 Å². The molecule has 98 valence electrons. The first kappa shape index (κ1) is 14.0. The van der Waals surface area contributed by atoms with Crippen LogP contribution in [0.2, 0.25) is 0 Å². The summed E-state index contributed by atoms with van der Waals surface area (Å²) < 4.78 is 0. The highest BCUT2D eigenvalue weighted by molar-refractivity contribution is 5.81. The number of nitrogens with two attached hydrogens (primary N) is 3. The number of nitrogen functional groups attached to an aromatic ring is 1. The zero-order valence-electron chi connectivity index (χ0n) is 10.3. The van der Waals surface area contributed by atoms with Crippen LogP contribution in [0.1, 0.15) is 12.5 Å². The van der Waals surface area contributed by atoms with Gasteiger partial charge in [-0.05, 0) is 18.6 Å². The Labute approximate surface area is 106 Å². The second-order valence-corrected chi connectivity index (χ2v) is 4.15. The van der Waals surface area contributed by atoms with Crippen LogP contribution in [0.5, 0.6) is 0 Å². The Kier molecular flexibility index (Phi) is 4.67. The molecule has 0 aliphatic carbocycles. The zero-order chi connectivity index (χ0) is 13.7. The Morgan fingerprint density at radius 1 is 1.28 bits per heavy atom. The maximum atomic E-state index is 11.2. The molecule has 0 aromatic heterocycles. The fourth-order valence-electron chi connectivity index (χ4n) is 1.61. The van der Waals surface area contributed by atoms with Gasteiger partial charge in [0.25, 0.3) is 0 Å². The third-order valence-electron chi connectivity index (χ3n) is 2.75. The minimum Gasteiger partial charge on any atom is -0.398 e. The van der Waals surface area contributed by atoms with Crippen LogP contribution in [0.25, 0.3) is 0 Å². The highest BCUT2D eigenvalue weighted by Crippen LogP contribution is 2.14. The van der Waals surface area contributed by atoms with Crippen molar-refractivity contribution in [1.29, 1.82) is 0 Å². The van der Waals surface area contributed by atoms with E-state index >= 15 is 0 Å². The van der Waals surface area contributed by atoms with Crippen LogP contribution in [-0.4, -0.2) is 29.3 Å². The monoisotopic (exact) mass is 250 g/mol. The van der Waals surface area contributed by atoms with Crippen LogP contribution >= 0.6 is 0 Å². The molecule has 0 fully saturated rings. The van der Waals surface area contributed by atoms with E-state index in [2.05, 4.69) is 0 Å². The summed E-state index contributed by atoms with van der Waals surface area (Å²) in [6.07, 6.45) is 0. The lowest BCUT2D eigenvalue weighted by molar-refractivity contribution is -0.125. The second kappa shape index (κ2) is 6.02. The van der Waals surface area contributed by atoms with Gasteiger partial charge in [0.1, 0.15) is 0 Å². The number of hydrogen-bond donors (Lipinski definition) is 3. The number of amides is 2. The molecule has 0 saturated carbocycles. The Morgan fingerprint density at radius 2 is 1.89 bits per heavy atom. The smallest absolute Gasteiger partial charge is 0.234 e. The molecule has 1 aromatic carbocycles. The van der Waals surface area contributed by atoms with Crippen molar-refractivity contribution in [3.63, 3.8) is 0 Å². The first-order chi connectivity index (χ1) is 8.41. The molecule has 1 aromatic rings. The number of benzene rings is 1. The van der Waals surface area contributed by atoms with Crippen LogP contribution in [0.15, 0.2) is 24.3 Å². The van der Waals surface area contributed by atoms with Gasteiger partial charge in [-0.25, -0.2) is 0 Å². The lowest BCUT2D eigenvalue weighted by Crippen LogP contribution is -2.46. The molecule has 6 heteroatoms. The summed E-state index contributed by atoms with van der Waals surface area (Å²) in [5.41, 5.74) is 17.6. The van der Waals surface area contributed by atoms with Gasteiger partial charge >= 0.3 is 0 Å². The molecule has 6 N–H and O–H groups in total. The largest absolute Gasteiger partial charge is 0.398 e. The van der Waals surface area contributed by atoms with E-state index in [0.29, 0.717) is 12.2 Å². The molecule has 0 spiro atoms. The average molecular weight is 250 g/mol. The van der Waals surface area contributed by atoms with Crippen molar-refractivity contribution >= 4 is 17.5 Å². The first-order valence-corrected chi connectivity index (χ1v) is 5.57. The van der Waals surface area contributed by atoms with Gasteiger partial charge in [0, 0.05) is 12.2 Å². The summed E-state index contributed by atoms with van der Waals surface area (Å²) in [6, 6.07) is 6.65. The number of rotatable bonds is 6. The van der Waals surface area contributed by atoms with Gasteiger partial charge in [0.05, 0.1) is 12.6 Å². The third-order valence-corrected chi connectivity index (χ3v) is 2.75. The molecule has 0 aliphatic rings. The highest BCUT2D eigenvalue weighted by atomic mass is 16.2. The van der Waals surface area contributed by atoms with E-state index in [1.165, 1.54) is 0 Å². The maximum absolute atomic E-state index is 11.2. The quantitative estimate of drug-likeness (QED) is 0.586. The number of carbonyl (C=O) groups excluding carboxylic acids is 2. The number of para-hydroxylation sites is 1. The van der Waals surface area contributed by atoms with Gasteiger partial charge in [0.2, 0.25) is 11.8 Å². The van der Waals surface area contributed by atoms with E-state index in [4.69, 9.17) is 17.2 Å². The van der Waals surface area contributed by atoms with Crippen LogP contribution in [0.3, 0.4) is 0 Å². The highest BCUT2D eigenvalue weighted by Gasteiger charge is 2.21. The van der Waals surface area contributed by atoms with Crippen molar-refractivity contribution in [1.82, 2.24) is 4.90 Å². The molecule has 0 saturated heterocycles. The topological polar surface area (TPSA) is 115 Å². The van der Waals surface area contributed by atoms with E-state index < -0.39 is 17.9 Å². The molecule has 0 radical (unpaired) electrons. The van der Waals surface area contributed by atoms with Crippen LogP contribution < -0.4 is 17.2 Å². The molecule has 1 rings (SSSR count). The first-order valence-electron chi connectivity index (χ1n) is 5.57. The summed E-state index contributed by atoms with van der Waals surface area (Å²) >= 11 is 0. The predicted molar refractivity (Wildman–Crippen MR) is 69.1 cm³/mol. The summed E-state index contributed by atoms with van der Waals surface area (Å²) in [5.74, 6) is -1.02. The maximum Gasteiger partial charge on any atom is 0.234 e. The number of carbonyl (C=O) groups is 2. The molecule has 0 aliphatic heterocycles. The van der Waals surface area contributed by atoms with E-state index in [9.17, 15) is 9.59 Å². The van der Waals surface area contributed by atoms with Crippen molar-refractivity contribution in [2.75, 3.05) is 12.3 Å². The summed E-state index contributed by atoms with van der Waals surface area (Å²) in [4.78, 5) is 23.8. The zero-order valence-corrected chi connectivity index (χ0v) is 10.3. The number of anilines is 1. The van der Waals surface area contributed by atoms with Gasteiger partial charge in [-0.15, -0.1) is 0 Å². The molecule has 0 bridgehead atoms. The number of primary amides is 2. The van der Waals surface area contributed by atoms with Gasteiger partial charge in [-0.1, -0.05) is 18.2 Å². The molecule has 6 nitrogen and oxygen atoms in total. The third kappa shape index (κ3) is 3.74. The summed E-state index contributed by atoms with van der Waals surface area (Å²) in [7, 11) is 0. The standard InChI is InChI=1S/C12H18N4O2/c1-8(12(15)18)16(7-11(14)17)6-9-4-2-3-5-10(9)13/h2-5,8H,6-7,13H2,1H3,(H2,14,17)(H2,15,18). The normalized spacial score (nSPS) is 12.3. The Bertz CT molecular complexity index is 447. The molecule has 1 atom stereocenters. The van der Waals surface area contributed by atoms with Crippen LogP contribution in [-0.2, 0) is 16.1 Å². The Hall–Kier alpha value is -2.08. The van der Waals surface area contributed by atoms with Crippen LogP contribution in [0, 0.1) is 0 Å². The summed E-state index contributed by atoms with van der Waals surface area (Å²) in [6.45, 7) is 1.93. The van der Waals surface area contributed by atoms with E-state index in [0.717, 1.165) is 5.56 Å². The van der Waals surface area contributed by atoms with Crippen molar-refractivity contribution in [2.45, 2.75) is 19.5 Å². The minimum atomic E-state index is -0.586. The summed E-state index contributed by atoms with van der Waals surface area (Å²) in [5, 5.41) is 0. The average Bonchev–Trinajstić information content (AvgIpc) is 2.29. The van der Waals surface area contributed by atoms with E-state index in [1.807, 2.05) is 18.2 Å². The van der Waals surface area contributed by atoms with E-state index in [1.54, 1.807) is 17.9 Å². The molecular formula is C12H18N4O2. The van der Waals surface area contributed by atoms with Crippen LogP contribution in [0.4, 0.5) is 5.69 Å². The fraction of sp³-hybridized carbons (Fsp3) is 0.333. The van der Waals surface area contributed by atoms with Crippen molar-refractivity contribution in [3.05, 3.63) is 29.8 Å². The van der Waals surface area contributed by atoms with Gasteiger partial charge in [-0.3, -0.25) is 14.5 Å². The second-order valence-electron chi connectivity index (χ2n) is 4.15. The lowest BCUT2D eigenvalue weighted by Gasteiger charge is -2.26. The molecule has 0 heterocycles. The van der Waals surface area contributed by atoms with Gasteiger partial charge < -0.3 is 17.2 Å². The Morgan fingerprint density at radius 3 is 2.39 bits per heavy atom. The Balaban J connectivity index is 2.88. The van der Waals surface area contributed by atoms with Crippen molar-refractivity contribution in [3.8, 4) is 0 Å². The predicted octanol–water partition coefficient (Wildman–Crippen LogP) is -0.570. The molecule has 18 heavy (non-hydrogen) atoms. The lowest BCUT2D eigenvalue weighted by atomic mass is 10.1. The number of hydrogen-bond acceptors (Lipinski definition) is 4. The molecule has 1 unspecified atom stereocenters. The fourth-order valence-corrected chi connectivity index (χ4v) is 1.61. The van der Waals surface area contributed by atoms with Gasteiger partial charge in [0.15, 0.2) is 0 Å². The van der Waals surface area contributed by atoms with Crippen molar-refractivity contribution < 1.29 is 9.59 Å². The molecular weight excluding hydrogens is 232 g/mol. The van der Waals surface area contributed by atoms with E-state index in [-0.39, 0.29) is 6.54 Å². The molecule has 2 amide bonds. The number of nitrogens with zero attached hydrogens (tertiary/aromatic N) is 1. The van der Waals surface area contributed by atoms with Crippen molar-refractivity contribution in [2.24, 2.45) is 11.5 Å².